The molecule has 16 heavy (non-hydrogen) atoms. The first-order valence-corrected chi connectivity index (χ1v) is 5.91. The van der Waals surface area contributed by atoms with E-state index in [0.29, 0.717) is 11.0 Å². The van der Waals surface area contributed by atoms with Crippen LogP contribution >= 0.6 is 15.9 Å². The predicted octanol–water partition coefficient (Wildman–Crippen LogP) is 2.94. The fraction of sp³-hybridized carbons (Fsp3) is 0.167. The molecule has 0 bridgehead atoms. The topological polar surface area (TPSA) is 56.9 Å². The van der Waals surface area contributed by atoms with E-state index in [2.05, 4.69) is 27.0 Å². The first-order chi connectivity index (χ1) is 7.76. The molecule has 2 rings (SSSR count). The minimum atomic E-state index is -0.300. The molecule has 1 aromatic carbocycles. The van der Waals surface area contributed by atoms with E-state index in [9.17, 15) is 5.11 Å². The van der Waals surface area contributed by atoms with E-state index in [1.54, 1.807) is 18.3 Å². The van der Waals surface area contributed by atoms with Crippen molar-refractivity contribution in [2.45, 2.75) is 5.92 Å². The molecule has 0 aliphatic heterocycles. The lowest BCUT2D eigenvalue weighted by Crippen LogP contribution is -2.00. The van der Waals surface area contributed by atoms with Crippen molar-refractivity contribution in [3.63, 3.8) is 0 Å². The largest absolute Gasteiger partial charge is 0.508 e. The summed E-state index contributed by atoms with van der Waals surface area (Å²) in [6, 6.07) is 9.14. The van der Waals surface area contributed by atoms with Gasteiger partial charge in [0.1, 0.15) is 5.75 Å². The molecule has 1 heterocycles. The van der Waals surface area contributed by atoms with Crippen LogP contribution in [0.2, 0.25) is 0 Å². The number of hydrogen-bond acceptors (Lipinski definition) is 3. The number of alkyl halides is 1. The SMILES string of the molecule is N#CC(CBr)c1nccc2ccc(O)cc12. The molecule has 1 atom stereocenters. The number of nitrogens with zero attached hydrogens (tertiary/aromatic N) is 2. The van der Waals surface area contributed by atoms with Crippen molar-refractivity contribution < 1.29 is 5.11 Å². The van der Waals surface area contributed by atoms with Crippen LogP contribution in [0.1, 0.15) is 11.6 Å². The summed E-state index contributed by atoms with van der Waals surface area (Å²) in [5.74, 6) is -0.112. The molecule has 1 N–H and O–H groups in total. The Bertz CT molecular complexity index is 562. The van der Waals surface area contributed by atoms with Crippen LogP contribution in [-0.4, -0.2) is 15.4 Å². The highest BCUT2D eigenvalue weighted by Gasteiger charge is 2.14. The molecule has 0 saturated carbocycles. The highest BCUT2D eigenvalue weighted by atomic mass is 79.9. The van der Waals surface area contributed by atoms with Crippen LogP contribution in [0.5, 0.6) is 5.75 Å². The lowest BCUT2D eigenvalue weighted by atomic mass is 10.0. The van der Waals surface area contributed by atoms with Gasteiger partial charge >= 0.3 is 0 Å². The van der Waals surface area contributed by atoms with Crippen molar-refractivity contribution in [2.75, 3.05) is 5.33 Å². The van der Waals surface area contributed by atoms with Crippen molar-refractivity contribution in [3.05, 3.63) is 36.2 Å². The summed E-state index contributed by atoms with van der Waals surface area (Å²) < 4.78 is 0. The zero-order chi connectivity index (χ0) is 11.5. The summed E-state index contributed by atoms with van der Waals surface area (Å²) in [5.41, 5.74) is 0.702. The maximum Gasteiger partial charge on any atom is 0.116 e. The molecule has 0 spiro atoms. The maximum absolute atomic E-state index is 9.46. The summed E-state index contributed by atoms with van der Waals surface area (Å²) in [7, 11) is 0. The normalized spacial score (nSPS) is 12.2. The van der Waals surface area contributed by atoms with Gasteiger partial charge in [-0.05, 0) is 23.6 Å². The van der Waals surface area contributed by atoms with Crippen LogP contribution in [0.4, 0.5) is 0 Å². The van der Waals surface area contributed by atoms with Crippen molar-refractivity contribution >= 4 is 26.7 Å². The highest BCUT2D eigenvalue weighted by Crippen LogP contribution is 2.27. The Morgan fingerprint density at radius 3 is 2.94 bits per heavy atom. The van der Waals surface area contributed by atoms with Gasteiger partial charge in [0, 0.05) is 16.9 Å². The van der Waals surface area contributed by atoms with E-state index in [4.69, 9.17) is 5.26 Å². The van der Waals surface area contributed by atoms with Crippen LogP contribution in [-0.2, 0) is 0 Å². The van der Waals surface area contributed by atoms with Crippen molar-refractivity contribution in [1.29, 1.82) is 5.26 Å². The summed E-state index contributed by atoms with van der Waals surface area (Å²) in [6.45, 7) is 0. The van der Waals surface area contributed by atoms with E-state index < -0.39 is 0 Å². The quantitative estimate of drug-likeness (QED) is 0.858. The molecule has 0 fully saturated rings. The molecule has 0 saturated heterocycles. The van der Waals surface area contributed by atoms with Crippen molar-refractivity contribution in [3.8, 4) is 11.8 Å². The van der Waals surface area contributed by atoms with E-state index in [1.165, 1.54) is 0 Å². The fourth-order valence-electron chi connectivity index (χ4n) is 1.63. The second kappa shape index (κ2) is 4.50. The first-order valence-electron chi connectivity index (χ1n) is 4.79. The lowest BCUT2D eigenvalue weighted by Gasteiger charge is -2.08. The zero-order valence-electron chi connectivity index (χ0n) is 8.39. The summed E-state index contributed by atoms with van der Waals surface area (Å²) >= 11 is 3.29. The number of pyridine rings is 1. The molecule has 0 aliphatic rings. The maximum atomic E-state index is 9.46. The van der Waals surface area contributed by atoms with E-state index in [1.807, 2.05) is 12.1 Å². The number of nitriles is 1. The fourth-order valence-corrected chi connectivity index (χ4v) is 2.08. The number of rotatable bonds is 2. The molecule has 4 heteroatoms. The van der Waals surface area contributed by atoms with Crippen LogP contribution in [0.25, 0.3) is 10.8 Å². The van der Waals surface area contributed by atoms with Gasteiger partial charge in [0.15, 0.2) is 0 Å². The van der Waals surface area contributed by atoms with Crippen molar-refractivity contribution in [2.24, 2.45) is 0 Å². The molecule has 1 aromatic heterocycles. The Morgan fingerprint density at radius 2 is 2.25 bits per heavy atom. The Morgan fingerprint density at radius 1 is 1.44 bits per heavy atom. The van der Waals surface area contributed by atoms with Crippen molar-refractivity contribution in [1.82, 2.24) is 4.98 Å². The summed E-state index contributed by atoms with van der Waals surface area (Å²) in [4.78, 5) is 4.23. The number of aromatic hydroxyl groups is 1. The van der Waals surface area contributed by atoms with Crippen LogP contribution < -0.4 is 0 Å². The number of aromatic nitrogens is 1. The molecule has 0 radical (unpaired) electrons. The third-order valence-electron chi connectivity index (χ3n) is 2.42. The van der Waals surface area contributed by atoms with Gasteiger partial charge in [-0.3, -0.25) is 4.98 Å². The number of benzene rings is 1. The van der Waals surface area contributed by atoms with E-state index in [-0.39, 0.29) is 11.7 Å². The molecular formula is C12H9BrN2O. The standard InChI is InChI=1S/C12H9BrN2O/c13-6-9(7-14)12-11-5-10(16)2-1-8(11)3-4-15-12/h1-5,9,16H,6H2. The second-order valence-electron chi connectivity index (χ2n) is 3.44. The number of phenols is 1. The number of phenolic OH excluding ortho intramolecular Hbond substituents is 1. The predicted molar refractivity (Wildman–Crippen MR) is 65.6 cm³/mol. The summed E-state index contributed by atoms with van der Waals surface area (Å²) in [5, 5.41) is 20.8. The Hall–Kier alpha value is -1.60. The third kappa shape index (κ3) is 1.86. The molecule has 3 nitrogen and oxygen atoms in total. The van der Waals surface area contributed by atoms with Crippen LogP contribution in [0.15, 0.2) is 30.5 Å². The third-order valence-corrected chi connectivity index (χ3v) is 3.07. The van der Waals surface area contributed by atoms with Gasteiger partial charge in [-0.2, -0.15) is 5.26 Å². The Balaban J connectivity index is 2.70. The van der Waals surface area contributed by atoms with Crippen LogP contribution in [0, 0.1) is 11.3 Å². The lowest BCUT2D eigenvalue weighted by molar-refractivity contribution is 0.476. The Labute approximate surface area is 101 Å². The average Bonchev–Trinajstić information content (AvgIpc) is 2.31. The Kier molecular flexibility index (Phi) is 3.07. The van der Waals surface area contributed by atoms with Gasteiger partial charge < -0.3 is 5.11 Å². The molecular weight excluding hydrogens is 268 g/mol. The van der Waals surface area contributed by atoms with E-state index in [0.717, 1.165) is 10.8 Å². The van der Waals surface area contributed by atoms with Gasteiger partial charge in [0.2, 0.25) is 0 Å². The zero-order valence-corrected chi connectivity index (χ0v) is 9.98. The van der Waals surface area contributed by atoms with Gasteiger partial charge in [0.25, 0.3) is 0 Å². The number of fused-ring (bicyclic) bond motifs is 1. The highest BCUT2D eigenvalue weighted by molar-refractivity contribution is 9.09. The second-order valence-corrected chi connectivity index (χ2v) is 4.09. The van der Waals surface area contributed by atoms with Gasteiger partial charge in [-0.1, -0.05) is 22.0 Å². The minimum absolute atomic E-state index is 0.188. The molecule has 0 aliphatic carbocycles. The number of halogens is 1. The molecule has 80 valence electrons. The van der Waals surface area contributed by atoms with Gasteiger partial charge in [0.05, 0.1) is 17.7 Å². The first kappa shape index (κ1) is 10.9. The smallest absolute Gasteiger partial charge is 0.116 e. The average molecular weight is 277 g/mol. The van der Waals surface area contributed by atoms with Crippen LogP contribution in [0.3, 0.4) is 0 Å². The number of hydrogen-bond donors (Lipinski definition) is 1. The van der Waals surface area contributed by atoms with Gasteiger partial charge in [-0.25, -0.2) is 0 Å². The minimum Gasteiger partial charge on any atom is -0.508 e. The molecule has 2 aromatic rings. The molecule has 1 unspecified atom stereocenters. The van der Waals surface area contributed by atoms with E-state index >= 15 is 0 Å². The summed E-state index contributed by atoms with van der Waals surface area (Å²) in [6.07, 6.45) is 1.68. The van der Waals surface area contributed by atoms with Gasteiger partial charge in [-0.15, -0.1) is 0 Å². The molecule has 0 amide bonds. The monoisotopic (exact) mass is 276 g/mol.